The van der Waals surface area contributed by atoms with Gasteiger partial charge in [-0.1, -0.05) is 23.8 Å². The van der Waals surface area contributed by atoms with Gasteiger partial charge in [0.1, 0.15) is 0 Å². The predicted molar refractivity (Wildman–Crippen MR) is 70.8 cm³/mol. The van der Waals surface area contributed by atoms with Gasteiger partial charge in [-0.25, -0.2) is 0 Å². The van der Waals surface area contributed by atoms with Crippen LogP contribution in [0.5, 0.6) is 0 Å². The van der Waals surface area contributed by atoms with Crippen LogP contribution in [0.2, 0.25) is 0 Å². The average Bonchev–Trinajstić information content (AvgIpc) is 2.36. The summed E-state index contributed by atoms with van der Waals surface area (Å²) in [7, 11) is 0. The van der Waals surface area contributed by atoms with Gasteiger partial charge in [0.2, 0.25) is 0 Å². The number of carbonyl (C=O) groups excluding carboxylic acids is 1. The molecule has 2 heteroatoms. The zero-order valence-electron chi connectivity index (χ0n) is 10.9. The molecule has 1 spiro atoms. The van der Waals surface area contributed by atoms with Gasteiger partial charge in [-0.2, -0.15) is 0 Å². The lowest BCUT2D eigenvalue weighted by molar-refractivity contribution is -0.137. The molecule has 1 aromatic carbocycles. The fourth-order valence-electron chi connectivity index (χ4n) is 3.21. The van der Waals surface area contributed by atoms with E-state index in [4.69, 9.17) is 4.74 Å². The van der Waals surface area contributed by atoms with Crippen molar-refractivity contribution in [2.75, 3.05) is 6.61 Å². The van der Waals surface area contributed by atoms with Crippen molar-refractivity contribution in [3.63, 3.8) is 0 Å². The fraction of sp³-hybridized carbons (Fsp3) is 0.562. The Morgan fingerprint density at radius 1 is 1.39 bits per heavy atom. The van der Waals surface area contributed by atoms with Gasteiger partial charge >= 0.3 is 0 Å². The number of ketones is 1. The summed E-state index contributed by atoms with van der Waals surface area (Å²) < 4.78 is 5.89. The van der Waals surface area contributed by atoms with Crippen LogP contribution in [0.15, 0.2) is 24.3 Å². The third-order valence-electron chi connectivity index (χ3n) is 4.43. The number of carbonyl (C=O) groups is 1. The van der Waals surface area contributed by atoms with Gasteiger partial charge in [-0.05, 0) is 45.1 Å². The van der Waals surface area contributed by atoms with E-state index in [1.165, 1.54) is 6.42 Å². The molecule has 1 aromatic rings. The quantitative estimate of drug-likeness (QED) is 0.744. The predicted octanol–water partition coefficient (Wildman–Crippen LogP) is 3.53. The van der Waals surface area contributed by atoms with E-state index >= 15 is 0 Å². The molecule has 0 amide bonds. The van der Waals surface area contributed by atoms with Crippen molar-refractivity contribution in [2.24, 2.45) is 5.92 Å². The summed E-state index contributed by atoms with van der Waals surface area (Å²) in [6, 6.07) is 7.96. The SMILES string of the molecule is Cc1cccc(C(=O)C2CCOC3(CCC3)C2)c1. The molecule has 3 rings (SSSR count). The first-order chi connectivity index (χ1) is 8.69. The van der Waals surface area contributed by atoms with Gasteiger partial charge in [0.05, 0.1) is 5.60 Å². The van der Waals surface area contributed by atoms with Crippen LogP contribution >= 0.6 is 0 Å². The van der Waals surface area contributed by atoms with Crippen molar-refractivity contribution in [1.29, 1.82) is 0 Å². The summed E-state index contributed by atoms with van der Waals surface area (Å²) in [6.45, 7) is 2.79. The highest BCUT2D eigenvalue weighted by Gasteiger charge is 2.44. The van der Waals surface area contributed by atoms with Crippen LogP contribution in [0.25, 0.3) is 0 Å². The Bertz CT molecular complexity index is 460. The zero-order chi connectivity index (χ0) is 12.6. The summed E-state index contributed by atoms with van der Waals surface area (Å²) >= 11 is 0. The van der Waals surface area contributed by atoms with E-state index in [9.17, 15) is 4.79 Å². The summed E-state index contributed by atoms with van der Waals surface area (Å²) in [5, 5.41) is 0. The molecule has 1 saturated carbocycles. The highest BCUT2D eigenvalue weighted by atomic mass is 16.5. The molecule has 2 fully saturated rings. The van der Waals surface area contributed by atoms with Crippen molar-refractivity contribution < 1.29 is 9.53 Å². The largest absolute Gasteiger partial charge is 0.375 e. The minimum atomic E-state index is 0.0579. The van der Waals surface area contributed by atoms with Crippen LogP contribution in [0.1, 0.15) is 48.0 Å². The Hall–Kier alpha value is -1.15. The first kappa shape index (κ1) is 11.9. The Morgan fingerprint density at radius 2 is 2.22 bits per heavy atom. The summed E-state index contributed by atoms with van der Waals surface area (Å²) in [6.07, 6.45) is 5.36. The molecule has 1 saturated heterocycles. The van der Waals surface area contributed by atoms with Gasteiger partial charge in [0.15, 0.2) is 5.78 Å². The van der Waals surface area contributed by atoms with Crippen LogP contribution in [-0.4, -0.2) is 18.0 Å². The maximum Gasteiger partial charge on any atom is 0.166 e. The van der Waals surface area contributed by atoms with E-state index < -0.39 is 0 Å². The van der Waals surface area contributed by atoms with Gasteiger partial charge in [0, 0.05) is 18.1 Å². The average molecular weight is 244 g/mol. The fourth-order valence-corrected chi connectivity index (χ4v) is 3.21. The summed E-state index contributed by atoms with van der Waals surface area (Å²) in [5.41, 5.74) is 2.09. The standard InChI is InChI=1S/C16H20O2/c1-12-4-2-5-13(10-12)15(17)14-6-9-18-16(11-14)7-3-8-16/h2,4-5,10,14H,3,6-9,11H2,1H3. The van der Waals surface area contributed by atoms with Crippen LogP contribution in [0, 0.1) is 12.8 Å². The van der Waals surface area contributed by atoms with E-state index in [0.29, 0.717) is 5.78 Å². The smallest absolute Gasteiger partial charge is 0.166 e. The molecule has 2 aliphatic rings. The van der Waals surface area contributed by atoms with Crippen LogP contribution < -0.4 is 0 Å². The molecule has 0 bridgehead atoms. The molecule has 1 unspecified atom stereocenters. The number of hydrogen-bond acceptors (Lipinski definition) is 2. The Morgan fingerprint density at radius 3 is 2.89 bits per heavy atom. The first-order valence-corrected chi connectivity index (χ1v) is 6.93. The van der Waals surface area contributed by atoms with Crippen LogP contribution in [-0.2, 0) is 4.74 Å². The lowest BCUT2D eigenvalue weighted by atomic mass is 9.70. The lowest BCUT2D eigenvalue weighted by Gasteiger charge is -2.46. The van der Waals surface area contributed by atoms with Gasteiger partial charge in [0.25, 0.3) is 0 Å². The monoisotopic (exact) mass is 244 g/mol. The van der Waals surface area contributed by atoms with Gasteiger partial charge in [-0.3, -0.25) is 4.79 Å². The van der Waals surface area contributed by atoms with Crippen molar-refractivity contribution in [3.8, 4) is 0 Å². The third kappa shape index (κ3) is 2.10. The molecule has 96 valence electrons. The molecule has 1 heterocycles. The highest BCUT2D eigenvalue weighted by molar-refractivity contribution is 5.98. The summed E-state index contributed by atoms with van der Waals surface area (Å²) in [5.74, 6) is 0.481. The van der Waals surface area contributed by atoms with Crippen molar-refractivity contribution in [1.82, 2.24) is 0 Å². The van der Waals surface area contributed by atoms with Crippen LogP contribution in [0.3, 0.4) is 0 Å². The third-order valence-corrected chi connectivity index (χ3v) is 4.43. The van der Waals surface area contributed by atoms with E-state index in [0.717, 1.165) is 43.4 Å². The molecule has 18 heavy (non-hydrogen) atoms. The molecule has 1 aliphatic carbocycles. The topological polar surface area (TPSA) is 26.3 Å². The molecular weight excluding hydrogens is 224 g/mol. The minimum Gasteiger partial charge on any atom is -0.375 e. The summed E-state index contributed by atoms with van der Waals surface area (Å²) in [4.78, 5) is 12.5. The number of ether oxygens (including phenoxy) is 1. The van der Waals surface area contributed by atoms with Gasteiger partial charge < -0.3 is 4.74 Å². The molecule has 0 aromatic heterocycles. The highest BCUT2D eigenvalue weighted by Crippen LogP contribution is 2.44. The number of Topliss-reactive ketones (excluding diaryl/α,β-unsaturated/α-hetero) is 1. The number of rotatable bonds is 2. The lowest BCUT2D eigenvalue weighted by Crippen LogP contribution is -2.47. The second-order valence-corrected chi connectivity index (χ2v) is 5.81. The zero-order valence-corrected chi connectivity index (χ0v) is 10.9. The Labute approximate surface area is 108 Å². The second kappa shape index (κ2) is 4.51. The van der Waals surface area contributed by atoms with E-state index in [1.807, 2.05) is 31.2 Å². The van der Waals surface area contributed by atoms with E-state index in [2.05, 4.69) is 0 Å². The normalized spacial score (nSPS) is 25.7. The molecule has 1 atom stereocenters. The molecule has 2 nitrogen and oxygen atoms in total. The number of benzene rings is 1. The molecular formula is C16H20O2. The van der Waals surface area contributed by atoms with Crippen molar-refractivity contribution >= 4 is 5.78 Å². The minimum absolute atomic E-state index is 0.0579. The Balaban J connectivity index is 1.76. The molecule has 1 aliphatic heterocycles. The van der Waals surface area contributed by atoms with E-state index in [-0.39, 0.29) is 11.5 Å². The number of hydrogen-bond donors (Lipinski definition) is 0. The second-order valence-electron chi connectivity index (χ2n) is 5.81. The van der Waals surface area contributed by atoms with Crippen molar-refractivity contribution in [3.05, 3.63) is 35.4 Å². The van der Waals surface area contributed by atoms with E-state index in [1.54, 1.807) is 0 Å². The molecule has 0 radical (unpaired) electrons. The van der Waals surface area contributed by atoms with Crippen LogP contribution in [0.4, 0.5) is 0 Å². The first-order valence-electron chi connectivity index (χ1n) is 6.93. The number of aryl methyl sites for hydroxylation is 1. The Kier molecular flexibility index (Phi) is 2.98. The maximum atomic E-state index is 12.5. The molecule has 0 N–H and O–H groups in total. The maximum absolute atomic E-state index is 12.5. The van der Waals surface area contributed by atoms with Crippen molar-refractivity contribution in [2.45, 2.75) is 44.6 Å². The van der Waals surface area contributed by atoms with Gasteiger partial charge in [-0.15, -0.1) is 0 Å².